The summed E-state index contributed by atoms with van der Waals surface area (Å²) in [5.74, 6) is 0.529. The lowest BCUT2D eigenvalue weighted by Gasteiger charge is -2.23. The molecule has 8 nitrogen and oxygen atoms in total. The smallest absolute Gasteiger partial charge is 0.269 e. The lowest BCUT2D eigenvalue weighted by molar-refractivity contribution is -0.384. The van der Waals surface area contributed by atoms with Crippen LogP contribution in [0.5, 0.6) is 0 Å². The summed E-state index contributed by atoms with van der Waals surface area (Å²) in [7, 11) is 0. The van der Waals surface area contributed by atoms with Gasteiger partial charge in [-0.1, -0.05) is 34.9 Å². The number of aryl methyl sites for hydroxylation is 1. The Labute approximate surface area is 142 Å². The molecule has 1 N–H and O–H groups in total. The van der Waals surface area contributed by atoms with Gasteiger partial charge in [-0.2, -0.15) is 4.68 Å². The third kappa shape index (κ3) is 2.74. The normalized spacial score (nSPS) is 15.9. The zero-order valence-electron chi connectivity index (χ0n) is 13.3. The first-order chi connectivity index (χ1) is 12.1. The summed E-state index contributed by atoms with van der Waals surface area (Å²) in [4.78, 5) is 10.4. The Bertz CT molecular complexity index is 960. The minimum Gasteiger partial charge on any atom is -0.323 e. The van der Waals surface area contributed by atoms with Crippen LogP contribution < -0.4 is 5.32 Å². The van der Waals surface area contributed by atoms with Crippen LogP contribution in [0.1, 0.15) is 22.7 Å². The molecule has 2 heterocycles. The van der Waals surface area contributed by atoms with Gasteiger partial charge in [-0.3, -0.25) is 10.1 Å². The van der Waals surface area contributed by atoms with Crippen molar-refractivity contribution in [3.63, 3.8) is 0 Å². The maximum atomic E-state index is 10.9. The lowest BCUT2D eigenvalue weighted by atomic mass is 10.0. The number of nitrogens with zero attached hydrogens (tertiary/aromatic N) is 5. The monoisotopic (exact) mass is 334 g/mol. The number of hydrogen-bond donors (Lipinski definition) is 1. The molecule has 3 aromatic rings. The molecule has 0 bridgehead atoms. The molecule has 0 spiro atoms. The van der Waals surface area contributed by atoms with E-state index < -0.39 is 4.92 Å². The number of hydrogen-bond acceptors (Lipinski definition) is 6. The minimum atomic E-state index is -0.414. The van der Waals surface area contributed by atoms with E-state index in [1.165, 1.54) is 17.7 Å². The fourth-order valence-electron chi connectivity index (χ4n) is 2.79. The average molecular weight is 334 g/mol. The first-order valence-electron chi connectivity index (χ1n) is 7.70. The van der Waals surface area contributed by atoms with E-state index in [4.69, 9.17) is 0 Å². The van der Waals surface area contributed by atoms with Gasteiger partial charge in [0.1, 0.15) is 6.04 Å². The van der Waals surface area contributed by atoms with Crippen LogP contribution in [0.3, 0.4) is 0 Å². The Morgan fingerprint density at radius 3 is 2.52 bits per heavy atom. The van der Waals surface area contributed by atoms with Crippen molar-refractivity contribution in [2.45, 2.75) is 13.0 Å². The van der Waals surface area contributed by atoms with Crippen molar-refractivity contribution in [1.82, 2.24) is 20.2 Å². The molecule has 0 unspecified atom stereocenters. The predicted octanol–water partition coefficient (Wildman–Crippen LogP) is 2.95. The molecule has 1 aliphatic heterocycles. The van der Waals surface area contributed by atoms with Gasteiger partial charge >= 0.3 is 0 Å². The van der Waals surface area contributed by atoms with E-state index in [-0.39, 0.29) is 11.7 Å². The fraction of sp³-hybridized carbons (Fsp3) is 0.118. The minimum absolute atomic E-state index is 0.0531. The Kier molecular flexibility index (Phi) is 3.50. The Morgan fingerprint density at radius 1 is 1.12 bits per heavy atom. The van der Waals surface area contributed by atoms with E-state index in [0.717, 1.165) is 16.8 Å². The molecular weight excluding hydrogens is 320 g/mol. The summed E-state index contributed by atoms with van der Waals surface area (Å²) in [6.07, 6.45) is 2.01. The highest BCUT2D eigenvalue weighted by Crippen LogP contribution is 2.32. The van der Waals surface area contributed by atoms with Crippen molar-refractivity contribution in [1.29, 1.82) is 0 Å². The van der Waals surface area contributed by atoms with Crippen LogP contribution in [0.4, 0.5) is 11.6 Å². The lowest BCUT2D eigenvalue weighted by Crippen LogP contribution is -2.20. The number of nitro benzene ring substituents is 1. The van der Waals surface area contributed by atoms with Crippen molar-refractivity contribution in [3.8, 4) is 0 Å². The summed E-state index contributed by atoms with van der Waals surface area (Å²) >= 11 is 0. The zero-order valence-corrected chi connectivity index (χ0v) is 13.3. The van der Waals surface area contributed by atoms with Gasteiger partial charge in [0.15, 0.2) is 0 Å². The molecule has 0 radical (unpaired) electrons. The van der Waals surface area contributed by atoms with E-state index in [0.29, 0.717) is 5.95 Å². The molecule has 0 saturated heterocycles. The molecule has 25 heavy (non-hydrogen) atoms. The van der Waals surface area contributed by atoms with Crippen LogP contribution in [0.15, 0.2) is 54.6 Å². The molecule has 0 aliphatic carbocycles. The predicted molar refractivity (Wildman–Crippen MR) is 91.8 cm³/mol. The number of benzene rings is 2. The Hall–Kier alpha value is -3.55. The number of tetrazole rings is 1. The number of anilines is 1. The number of fused-ring (bicyclic) bond motifs is 1. The molecule has 4 rings (SSSR count). The Morgan fingerprint density at radius 2 is 1.84 bits per heavy atom. The van der Waals surface area contributed by atoms with Crippen molar-refractivity contribution >= 4 is 17.3 Å². The first-order valence-corrected chi connectivity index (χ1v) is 7.70. The third-order valence-electron chi connectivity index (χ3n) is 4.14. The summed E-state index contributed by atoms with van der Waals surface area (Å²) < 4.78 is 1.65. The second-order valence-corrected chi connectivity index (χ2v) is 5.81. The number of rotatable bonds is 3. The van der Waals surface area contributed by atoms with Gasteiger partial charge in [0.2, 0.25) is 5.95 Å². The zero-order chi connectivity index (χ0) is 17.4. The van der Waals surface area contributed by atoms with Crippen LogP contribution in [0.25, 0.3) is 5.70 Å². The van der Waals surface area contributed by atoms with Crippen molar-refractivity contribution < 1.29 is 4.92 Å². The highest BCUT2D eigenvalue weighted by atomic mass is 16.6. The quantitative estimate of drug-likeness (QED) is 0.584. The summed E-state index contributed by atoms with van der Waals surface area (Å²) in [5.41, 5.74) is 4.01. The van der Waals surface area contributed by atoms with E-state index in [2.05, 4.69) is 20.8 Å². The molecule has 0 saturated carbocycles. The van der Waals surface area contributed by atoms with E-state index in [1.54, 1.807) is 16.8 Å². The van der Waals surface area contributed by atoms with Gasteiger partial charge in [-0.05, 0) is 46.7 Å². The van der Waals surface area contributed by atoms with Gasteiger partial charge in [-0.25, -0.2) is 0 Å². The molecule has 1 aromatic heterocycles. The largest absolute Gasteiger partial charge is 0.323 e. The molecule has 2 aromatic carbocycles. The first kappa shape index (κ1) is 15.0. The number of aromatic nitrogens is 4. The van der Waals surface area contributed by atoms with Crippen LogP contribution >= 0.6 is 0 Å². The van der Waals surface area contributed by atoms with E-state index in [1.807, 2.05) is 37.3 Å². The highest BCUT2D eigenvalue weighted by molar-refractivity contribution is 5.77. The molecule has 124 valence electrons. The van der Waals surface area contributed by atoms with Gasteiger partial charge in [0.25, 0.3) is 5.69 Å². The van der Waals surface area contributed by atoms with Crippen molar-refractivity contribution in [2.24, 2.45) is 0 Å². The number of nitrogens with one attached hydrogen (secondary N) is 1. The summed E-state index contributed by atoms with van der Waals surface area (Å²) in [6.45, 7) is 2.03. The van der Waals surface area contributed by atoms with Gasteiger partial charge in [0, 0.05) is 17.8 Å². The maximum absolute atomic E-state index is 10.9. The second kappa shape index (κ2) is 5.82. The van der Waals surface area contributed by atoms with Crippen LogP contribution in [0.2, 0.25) is 0 Å². The SMILES string of the molecule is Cc1ccc(C2=C[C@H](c3ccc([N+](=O)[O-])cc3)n3nnnc3N2)cc1. The fourth-order valence-corrected chi connectivity index (χ4v) is 2.79. The maximum Gasteiger partial charge on any atom is 0.269 e. The van der Waals surface area contributed by atoms with Gasteiger partial charge in [0.05, 0.1) is 4.92 Å². The number of nitro groups is 1. The standard InChI is InChI=1S/C17H14N6O2/c1-11-2-4-12(5-3-11)15-10-16(22-17(18-15)19-20-21-22)13-6-8-14(9-7-13)23(24)25/h2-10,16H,1H3,(H,18,19,21)/t16-/m1/s1. The molecule has 0 amide bonds. The van der Waals surface area contributed by atoms with E-state index >= 15 is 0 Å². The third-order valence-corrected chi connectivity index (χ3v) is 4.14. The average Bonchev–Trinajstić information content (AvgIpc) is 3.10. The number of allylic oxidation sites excluding steroid dienone is 1. The van der Waals surface area contributed by atoms with Gasteiger partial charge in [-0.15, -0.1) is 0 Å². The topological polar surface area (TPSA) is 98.8 Å². The van der Waals surface area contributed by atoms with Crippen LogP contribution in [-0.2, 0) is 0 Å². The Balaban J connectivity index is 1.76. The molecule has 1 atom stereocenters. The van der Waals surface area contributed by atoms with Crippen molar-refractivity contribution in [2.75, 3.05) is 5.32 Å². The summed E-state index contributed by atoms with van der Waals surface area (Å²) in [5, 5.41) is 25.8. The molecule has 1 aliphatic rings. The molecule has 0 fully saturated rings. The molecular formula is C17H14N6O2. The van der Waals surface area contributed by atoms with Crippen LogP contribution in [-0.4, -0.2) is 25.1 Å². The van der Waals surface area contributed by atoms with Gasteiger partial charge < -0.3 is 5.32 Å². The number of non-ortho nitro benzene ring substituents is 1. The molecule has 8 heteroatoms. The highest BCUT2D eigenvalue weighted by Gasteiger charge is 2.24. The summed E-state index contributed by atoms with van der Waals surface area (Å²) in [6, 6.07) is 14.3. The van der Waals surface area contributed by atoms with E-state index in [9.17, 15) is 10.1 Å². The second-order valence-electron chi connectivity index (χ2n) is 5.81. The van der Waals surface area contributed by atoms with Crippen molar-refractivity contribution in [3.05, 3.63) is 81.4 Å². The van der Waals surface area contributed by atoms with Crippen LogP contribution in [0, 0.1) is 17.0 Å².